The molecule has 5 rings (SSSR count). The smallest absolute Gasteiger partial charge is 0.250 e. The highest BCUT2D eigenvalue weighted by molar-refractivity contribution is 6.01. The van der Waals surface area contributed by atoms with Crippen LogP contribution in [0.5, 0.6) is 0 Å². The van der Waals surface area contributed by atoms with Gasteiger partial charge in [0.2, 0.25) is 0 Å². The minimum Gasteiger partial charge on any atom is -0.281 e. The summed E-state index contributed by atoms with van der Waals surface area (Å²) in [6, 6.07) is 21.0. The molecule has 21 heavy (non-hydrogen) atoms. The molecule has 3 atom stereocenters. The van der Waals surface area contributed by atoms with Crippen LogP contribution in [0, 0.1) is 0 Å². The highest BCUT2D eigenvalue weighted by Gasteiger charge is 2.60. The lowest BCUT2D eigenvalue weighted by atomic mass is 10.2. The van der Waals surface area contributed by atoms with Crippen molar-refractivity contribution in [2.45, 2.75) is 18.6 Å². The summed E-state index contributed by atoms with van der Waals surface area (Å²) < 4.78 is 1.91. The number of fused-ring (bicyclic) bond motifs is 5. The zero-order chi connectivity index (χ0) is 14.0. The predicted molar refractivity (Wildman–Crippen MR) is 81.1 cm³/mol. The predicted octanol–water partition coefficient (Wildman–Crippen LogP) is 3.22. The molecule has 0 aliphatic carbocycles. The van der Waals surface area contributed by atoms with E-state index in [1.54, 1.807) is 0 Å². The maximum absolute atomic E-state index is 12.6. The number of aromatic nitrogens is 1. The molecular formula is C18H14N2O. The normalized spacial score (nSPS) is 25.9. The molecule has 3 nitrogen and oxygen atoms in total. The van der Waals surface area contributed by atoms with Gasteiger partial charge < -0.3 is 0 Å². The second kappa shape index (κ2) is 3.83. The van der Waals surface area contributed by atoms with E-state index in [2.05, 4.69) is 29.2 Å². The first kappa shape index (κ1) is 11.3. The van der Waals surface area contributed by atoms with Crippen LogP contribution in [0.1, 0.15) is 22.1 Å². The number of carbonyl (C=O) groups excluding carboxylic acids is 1. The topological polar surface area (TPSA) is 25.0 Å². The molecule has 2 aliphatic rings. The van der Waals surface area contributed by atoms with Crippen molar-refractivity contribution >= 4 is 16.8 Å². The number of rotatable bonds is 2. The van der Waals surface area contributed by atoms with Crippen molar-refractivity contribution in [1.29, 1.82) is 0 Å². The van der Waals surface area contributed by atoms with Crippen molar-refractivity contribution in [3.05, 3.63) is 71.9 Å². The van der Waals surface area contributed by atoms with Crippen LogP contribution in [0.25, 0.3) is 10.9 Å². The van der Waals surface area contributed by atoms with Crippen LogP contribution in [-0.4, -0.2) is 21.4 Å². The molecule has 2 aromatic carbocycles. The third kappa shape index (κ3) is 1.44. The number of hydrogen-bond donors (Lipinski definition) is 0. The SMILES string of the molecule is O=C1[C@H]2[C@@H](c3cc4ccccc4n31)N2Cc1ccccc1. The molecule has 0 bridgehead atoms. The van der Waals surface area contributed by atoms with Gasteiger partial charge in [-0.2, -0.15) is 0 Å². The molecule has 0 radical (unpaired) electrons. The lowest BCUT2D eigenvalue weighted by Crippen LogP contribution is -2.20. The quantitative estimate of drug-likeness (QED) is 0.670. The van der Waals surface area contributed by atoms with Crippen molar-refractivity contribution in [3.63, 3.8) is 0 Å². The van der Waals surface area contributed by atoms with E-state index in [0.29, 0.717) is 0 Å². The van der Waals surface area contributed by atoms with E-state index in [1.165, 1.54) is 5.56 Å². The monoisotopic (exact) mass is 274 g/mol. The van der Waals surface area contributed by atoms with E-state index in [1.807, 2.05) is 41.0 Å². The first-order chi connectivity index (χ1) is 10.3. The molecule has 2 aliphatic heterocycles. The van der Waals surface area contributed by atoms with Crippen molar-refractivity contribution < 1.29 is 4.79 Å². The summed E-state index contributed by atoms with van der Waals surface area (Å²) in [5.74, 6) is 0.229. The summed E-state index contributed by atoms with van der Waals surface area (Å²) >= 11 is 0. The van der Waals surface area contributed by atoms with E-state index in [4.69, 9.17) is 0 Å². The Balaban J connectivity index is 1.54. The van der Waals surface area contributed by atoms with Crippen LogP contribution < -0.4 is 0 Å². The second-order valence-electron chi connectivity index (χ2n) is 5.85. The molecule has 3 aromatic rings. The van der Waals surface area contributed by atoms with Crippen LogP contribution >= 0.6 is 0 Å². The Labute approximate surface area is 122 Å². The molecule has 1 aromatic heterocycles. The van der Waals surface area contributed by atoms with Crippen LogP contribution in [0.4, 0.5) is 0 Å². The molecule has 1 fully saturated rings. The van der Waals surface area contributed by atoms with Gasteiger partial charge in [0.25, 0.3) is 5.91 Å². The Morgan fingerprint density at radius 2 is 1.67 bits per heavy atom. The molecule has 102 valence electrons. The molecular weight excluding hydrogens is 260 g/mol. The second-order valence-corrected chi connectivity index (χ2v) is 5.85. The fourth-order valence-corrected chi connectivity index (χ4v) is 3.65. The molecule has 0 spiro atoms. The fourth-order valence-electron chi connectivity index (χ4n) is 3.65. The number of carbonyl (C=O) groups is 1. The standard InChI is InChI=1S/C18H14N2O/c21-18-17-16(19(17)11-12-6-2-1-3-7-12)15-10-13-8-4-5-9-14(13)20(15)18/h1-10,16-17H,11H2/t16-,17-,19?/m1/s1. The van der Waals surface area contributed by atoms with Crippen molar-refractivity contribution in [2.75, 3.05) is 0 Å². The summed E-state index contributed by atoms with van der Waals surface area (Å²) in [5, 5.41) is 1.16. The number of para-hydroxylation sites is 1. The molecule has 0 saturated carbocycles. The van der Waals surface area contributed by atoms with Gasteiger partial charge in [0.05, 0.1) is 11.6 Å². The summed E-state index contributed by atoms with van der Waals surface area (Å²) in [4.78, 5) is 14.9. The lowest BCUT2D eigenvalue weighted by molar-refractivity contribution is 0.0902. The molecule has 3 heterocycles. The van der Waals surface area contributed by atoms with E-state index in [-0.39, 0.29) is 18.0 Å². The average molecular weight is 274 g/mol. The van der Waals surface area contributed by atoms with Crippen LogP contribution in [-0.2, 0) is 6.54 Å². The Hall–Kier alpha value is -2.39. The summed E-state index contributed by atoms with van der Waals surface area (Å²) in [6.45, 7) is 0.851. The first-order valence-corrected chi connectivity index (χ1v) is 7.29. The zero-order valence-electron chi connectivity index (χ0n) is 11.4. The number of hydrogen-bond acceptors (Lipinski definition) is 2. The Morgan fingerprint density at radius 1 is 0.905 bits per heavy atom. The van der Waals surface area contributed by atoms with Crippen LogP contribution in [0.15, 0.2) is 60.7 Å². The van der Waals surface area contributed by atoms with Crippen LogP contribution in [0.2, 0.25) is 0 Å². The molecule has 3 heteroatoms. The summed E-state index contributed by atoms with van der Waals surface area (Å²) in [6.07, 6.45) is 0. The Bertz CT molecular complexity index is 865. The Morgan fingerprint density at radius 3 is 2.52 bits per heavy atom. The minimum atomic E-state index is 0.0461. The van der Waals surface area contributed by atoms with Crippen molar-refractivity contribution in [1.82, 2.24) is 9.47 Å². The highest BCUT2D eigenvalue weighted by atomic mass is 16.2. The van der Waals surface area contributed by atoms with Gasteiger partial charge in [-0.3, -0.25) is 14.3 Å². The fraction of sp³-hybridized carbons (Fsp3) is 0.167. The highest BCUT2D eigenvalue weighted by Crippen LogP contribution is 2.51. The Kier molecular flexibility index (Phi) is 2.06. The van der Waals surface area contributed by atoms with E-state index >= 15 is 0 Å². The van der Waals surface area contributed by atoms with E-state index < -0.39 is 0 Å². The summed E-state index contributed by atoms with van der Waals surface area (Å²) in [7, 11) is 0. The van der Waals surface area contributed by atoms with Gasteiger partial charge in [0.1, 0.15) is 6.04 Å². The molecule has 1 unspecified atom stereocenters. The number of nitrogens with zero attached hydrogens (tertiary/aromatic N) is 2. The van der Waals surface area contributed by atoms with Gasteiger partial charge >= 0.3 is 0 Å². The first-order valence-electron chi connectivity index (χ1n) is 7.29. The van der Waals surface area contributed by atoms with E-state index in [0.717, 1.165) is 23.1 Å². The van der Waals surface area contributed by atoms with Gasteiger partial charge in [0.15, 0.2) is 0 Å². The summed E-state index contributed by atoms with van der Waals surface area (Å²) in [5.41, 5.74) is 3.47. The van der Waals surface area contributed by atoms with Gasteiger partial charge in [-0.1, -0.05) is 48.5 Å². The zero-order valence-corrected chi connectivity index (χ0v) is 11.4. The average Bonchev–Trinajstić information content (AvgIpc) is 2.95. The maximum Gasteiger partial charge on any atom is 0.250 e. The van der Waals surface area contributed by atoms with Crippen molar-refractivity contribution in [2.24, 2.45) is 0 Å². The molecule has 1 saturated heterocycles. The number of benzene rings is 2. The van der Waals surface area contributed by atoms with Crippen LogP contribution in [0.3, 0.4) is 0 Å². The minimum absolute atomic E-state index is 0.0461. The molecule has 0 N–H and O–H groups in total. The van der Waals surface area contributed by atoms with Gasteiger partial charge in [-0.25, -0.2) is 0 Å². The maximum atomic E-state index is 12.6. The van der Waals surface area contributed by atoms with Gasteiger partial charge in [-0.05, 0) is 17.7 Å². The third-order valence-corrected chi connectivity index (χ3v) is 4.65. The van der Waals surface area contributed by atoms with Gasteiger partial charge in [-0.15, -0.1) is 0 Å². The van der Waals surface area contributed by atoms with E-state index in [9.17, 15) is 4.79 Å². The third-order valence-electron chi connectivity index (χ3n) is 4.65. The van der Waals surface area contributed by atoms with Gasteiger partial charge in [0, 0.05) is 17.6 Å². The van der Waals surface area contributed by atoms with Crippen molar-refractivity contribution in [3.8, 4) is 0 Å². The lowest BCUT2D eigenvalue weighted by Gasteiger charge is -2.10. The molecule has 0 amide bonds. The largest absolute Gasteiger partial charge is 0.281 e.